The molecule has 112 valence electrons. The fraction of sp³-hybridized carbons (Fsp3) is 0.357. The Morgan fingerprint density at radius 2 is 2.00 bits per heavy atom. The van der Waals surface area contributed by atoms with Gasteiger partial charge in [-0.3, -0.25) is 0 Å². The molecule has 0 aliphatic heterocycles. The number of fused-ring (bicyclic) bond motifs is 1. The van der Waals surface area contributed by atoms with Crippen molar-refractivity contribution in [3.63, 3.8) is 0 Å². The van der Waals surface area contributed by atoms with Crippen LogP contribution in [0.3, 0.4) is 0 Å². The van der Waals surface area contributed by atoms with Gasteiger partial charge in [-0.25, -0.2) is 24.0 Å². The summed E-state index contributed by atoms with van der Waals surface area (Å²) in [5.74, 6) is 5.85. The number of hydrazine groups is 1. The van der Waals surface area contributed by atoms with E-state index in [0.717, 1.165) is 11.8 Å². The normalized spacial score (nSPS) is 20.4. The average molecular weight is 306 g/mol. The van der Waals surface area contributed by atoms with Crippen LogP contribution in [0.15, 0.2) is 35.2 Å². The number of pyridine rings is 1. The topological polar surface area (TPSA) is 97.1 Å². The minimum absolute atomic E-state index is 0.0140. The smallest absolute Gasteiger partial charge is 0.240 e. The number of nitrogens with two attached hydrogens (primary N) is 1. The summed E-state index contributed by atoms with van der Waals surface area (Å²) in [5.41, 5.74) is 3.21. The van der Waals surface area contributed by atoms with Gasteiger partial charge in [0.25, 0.3) is 0 Å². The Labute approximate surface area is 123 Å². The highest BCUT2D eigenvalue weighted by Crippen LogP contribution is 2.45. The quantitative estimate of drug-likeness (QED) is 0.589. The molecule has 1 aliphatic rings. The van der Waals surface area contributed by atoms with Gasteiger partial charge >= 0.3 is 0 Å². The van der Waals surface area contributed by atoms with Crippen molar-refractivity contribution in [2.24, 2.45) is 11.3 Å². The van der Waals surface area contributed by atoms with Crippen LogP contribution in [-0.2, 0) is 10.0 Å². The SMILES string of the molecule is CC1(C)CC1NS(=O)(=O)c1ccc2nc(NN)ccc2c1. The average Bonchev–Trinajstić information content (AvgIpc) is 3.03. The van der Waals surface area contributed by atoms with Gasteiger partial charge in [-0.1, -0.05) is 13.8 Å². The van der Waals surface area contributed by atoms with Crippen molar-refractivity contribution >= 4 is 26.7 Å². The minimum Gasteiger partial charge on any atom is -0.308 e. The van der Waals surface area contributed by atoms with Gasteiger partial charge in [0.05, 0.1) is 10.4 Å². The maximum absolute atomic E-state index is 12.4. The van der Waals surface area contributed by atoms with Gasteiger partial charge in [0.15, 0.2) is 0 Å². The molecule has 0 saturated heterocycles. The van der Waals surface area contributed by atoms with Gasteiger partial charge in [-0.15, -0.1) is 0 Å². The summed E-state index contributed by atoms with van der Waals surface area (Å²) in [4.78, 5) is 4.52. The highest BCUT2D eigenvalue weighted by molar-refractivity contribution is 7.89. The van der Waals surface area contributed by atoms with Crippen molar-refractivity contribution in [1.82, 2.24) is 9.71 Å². The van der Waals surface area contributed by atoms with E-state index in [4.69, 9.17) is 5.84 Å². The number of nitrogens with zero attached hydrogens (tertiary/aromatic N) is 1. The maximum Gasteiger partial charge on any atom is 0.240 e. The van der Waals surface area contributed by atoms with Crippen LogP contribution >= 0.6 is 0 Å². The number of rotatable bonds is 4. The standard InChI is InChI=1S/C14H18N4O2S/c1-14(2)8-12(14)18-21(19,20)10-4-5-11-9(7-10)3-6-13(16-11)17-15/h3-7,12,18H,8,15H2,1-2H3,(H,16,17). The monoisotopic (exact) mass is 306 g/mol. The molecule has 0 amide bonds. The molecule has 6 nitrogen and oxygen atoms in total. The van der Waals surface area contributed by atoms with Gasteiger partial charge in [0.2, 0.25) is 10.0 Å². The van der Waals surface area contributed by atoms with Crippen LogP contribution in [0.1, 0.15) is 20.3 Å². The van der Waals surface area contributed by atoms with E-state index in [1.54, 1.807) is 30.3 Å². The zero-order valence-electron chi connectivity index (χ0n) is 11.9. The zero-order chi connectivity index (χ0) is 15.3. The van der Waals surface area contributed by atoms with Crippen LogP contribution in [0.4, 0.5) is 5.82 Å². The third kappa shape index (κ3) is 2.72. The number of sulfonamides is 1. The Morgan fingerprint density at radius 1 is 1.29 bits per heavy atom. The summed E-state index contributed by atoms with van der Waals surface area (Å²) >= 11 is 0. The lowest BCUT2D eigenvalue weighted by Gasteiger charge is -2.09. The van der Waals surface area contributed by atoms with Crippen LogP contribution in [0.5, 0.6) is 0 Å². The van der Waals surface area contributed by atoms with E-state index in [-0.39, 0.29) is 16.4 Å². The Hall–Kier alpha value is -1.70. The largest absolute Gasteiger partial charge is 0.308 e. The molecule has 0 radical (unpaired) electrons. The highest BCUT2D eigenvalue weighted by Gasteiger charge is 2.47. The molecular formula is C14H18N4O2S. The Bertz CT molecular complexity index is 802. The molecule has 2 aromatic rings. The number of benzene rings is 1. The van der Waals surface area contributed by atoms with Crippen molar-refractivity contribution < 1.29 is 8.42 Å². The summed E-state index contributed by atoms with van der Waals surface area (Å²) < 4.78 is 27.5. The van der Waals surface area contributed by atoms with E-state index in [9.17, 15) is 8.42 Å². The molecular weight excluding hydrogens is 288 g/mol. The lowest BCUT2D eigenvalue weighted by molar-refractivity contribution is 0.555. The Morgan fingerprint density at radius 3 is 2.62 bits per heavy atom. The molecule has 1 unspecified atom stereocenters. The lowest BCUT2D eigenvalue weighted by Crippen LogP contribution is -2.28. The summed E-state index contributed by atoms with van der Waals surface area (Å²) in [7, 11) is -3.49. The summed E-state index contributed by atoms with van der Waals surface area (Å²) in [6.45, 7) is 4.09. The summed E-state index contributed by atoms with van der Waals surface area (Å²) in [6.07, 6.45) is 0.868. The minimum atomic E-state index is -3.49. The molecule has 3 rings (SSSR count). The third-order valence-corrected chi connectivity index (χ3v) is 5.40. The van der Waals surface area contributed by atoms with Gasteiger partial charge in [-0.2, -0.15) is 0 Å². The first kappa shape index (κ1) is 14.2. The number of hydrogen-bond donors (Lipinski definition) is 3. The molecule has 0 spiro atoms. The second-order valence-corrected chi connectivity index (χ2v) is 7.78. The first-order valence-electron chi connectivity index (χ1n) is 6.72. The molecule has 1 fully saturated rings. The van der Waals surface area contributed by atoms with Gasteiger partial charge < -0.3 is 5.43 Å². The molecule has 21 heavy (non-hydrogen) atoms. The van der Waals surface area contributed by atoms with Crippen LogP contribution in [0, 0.1) is 5.41 Å². The molecule has 1 aromatic carbocycles. The molecule has 7 heteroatoms. The molecule has 1 atom stereocenters. The Kier molecular flexibility index (Phi) is 3.16. The predicted octanol–water partition coefficient (Wildman–Crippen LogP) is 1.60. The number of nitrogens with one attached hydrogen (secondary N) is 2. The van der Waals surface area contributed by atoms with Crippen LogP contribution in [0.2, 0.25) is 0 Å². The fourth-order valence-corrected chi connectivity index (χ4v) is 3.72. The maximum atomic E-state index is 12.4. The van der Waals surface area contributed by atoms with Crippen LogP contribution in [-0.4, -0.2) is 19.4 Å². The van der Waals surface area contributed by atoms with Crippen molar-refractivity contribution in [3.8, 4) is 0 Å². The van der Waals surface area contributed by atoms with Crippen molar-refractivity contribution in [2.75, 3.05) is 5.43 Å². The third-order valence-electron chi connectivity index (χ3n) is 3.93. The van der Waals surface area contributed by atoms with Crippen molar-refractivity contribution in [2.45, 2.75) is 31.2 Å². The summed E-state index contributed by atoms with van der Waals surface area (Å²) in [6, 6.07) is 8.38. The van der Waals surface area contributed by atoms with Crippen molar-refractivity contribution in [1.29, 1.82) is 0 Å². The van der Waals surface area contributed by atoms with E-state index in [1.165, 1.54) is 0 Å². The van der Waals surface area contributed by atoms with Crippen molar-refractivity contribution in [3.05, 3.63) is 30.3 Å². The molecule has 1 saturated carbocycles. The summed E-state index contributed by atoms with van der Waals surface area (Å²) in [5, 5.41) is 0.756. The fourth-order valence-electron chi connectivity index (χ4n) is 2.27. The molecule has 0 bridgehead atoms. The number of anilines is 1. The number of aromatic nitrogens is 1. The van der Waals surface area contributed by atoms with E-state index in [0.29, 0.717) is 11.3 Å². The molecule has 1 heterocycles. The number of nitrogen functional groups attached to an aromatic ring is 1. The van der Waals surface area contributed by atoms with E-state index in [2.05, 4.69) is 15.1 Å². The van der Waals surface area contributed by atoms with E-state index < -0.39 is 10.0 Å². The first-order chi connectivity index (χ1) is 9.82. The highest BCUT2D eigenvalue weighted by atomic mass is 32.2. The second kappa shape index (κ2) is 4.66. The van der Waals surface area contributed by atoms with Gasteiger partial charge in [-0.05, 0) is 42.2 Å². The molecule has 4 N–H and O–H groups in total. The lowest BCUT2D eigenvalue weighted by atomic mass is 10.2. The molecule has 1 aromatic heterocycles. The zero-order valence-corrected chi connectivity index (χ0v) is 12.7. The first-order valence-corrected chi connectivity index (χ1v) is 8.20. The van der Waals surface area contributed by atoms with E-state index in [1.807, 2.05) is 13.8 Å². The van der Waals surface area contributed by atoms with Crippen LogP contribution in [0.25, 0.3) is 10.9 Å². The number of hydrogen-bond acceptors (Lipinski definition) is 5. The molecule has 1 aliphatic carbocycles. The van der Waals surface area contributed by atoms with Crippen LogP contribution < -0.4 is 16.0 Å². The Balaban J connectivity index is 1.93. The second-order valence-electron chi connectivity index (χ2n) is 6.06. The van der Waals surface area contributed by atoms with Gasteiger partial charge in [0, 0.05) is 11.4 Å². The predicted molar refractivity (Wildman–Crippen MR) is 82.1 cm³/mol. The van der Waals surface area contributed by atoms with E-state index >= 15 is 0 Å². The van der Waals surface area contributed by atoms with Gasteiger partial charge in [0.1, 0.15) is 5.82 Å².